The molecule has 6 heteroatoms. The first kappa shape index (κ1) is 17.5. The molecule has 3 aromatic carbocycles. The average Bonchev–Trinajstić information content (AvgIpc) is 3.11. The number of anilines is 1. The molecule has 1 aromatic heterocycles. The van der Waals surface area contributed by atoms with Crippen LogP contribution in [0.25, 0.3) is 22.6 Å². The van der Waals surface area contributed by atoms with Crippen molar-refractivity contribution in [3.05, 3.63) is 76.4 Å². The number of carbonyl (C=O) groups excluding carboxylic acids is 1. The fourth-order valence-corrected chi connectivity index (χ4v) is 3.16. The highest BCUT2D eigenvalue weighted by atomic mass is 127. The van der Waals surface area contributed by atoms with Crippen LogP contribution in [0.3, 0.4) is 0 Å². The molecule has 0 saturated carbocycles. The van der Waals surface area contributed by atoms with Crippen LogP contribution in [0.4, 0.5) is 5.69 Å². The number of para-hydroxylation sites is 1. The maximum Gasteiger partial charge on any atom is 0.262 e. The molecule has 1 N–H and O–H groups in total. The summed E-state index contributed by atoms with van der Waals surface area (Å²) in [7, 11) is 0. The summed E-state index contributed by atoms with van der Waals surface area (Å²) in [4.78, 5) is 16.6. The Morgan fingerprint density at radius 3 is 2.70 bits per heavy atom. The zero-order valence-corrected chi connectivity index (χ0v) is 16.3. The van der Waals surface area contributed by atoms with Crippen molar-refractivity contribution in [1.29, 1.82) is 0 Å². The van der Waals surface area contributed by atoms with Gasteiger partial charge in [0.25, 0.3) is 5.91 Å². The van der Waals surface area contributed by atoms with Gasteiger partial charge in [0.1, 0.15) is 11.3 Å². The van der Waals surface area contributed by atoms with Gasteiger partial charge in [-0.25, -0.2) is 4.98 Å². The Bertz CT molecular complexity index is 1090. The number of hydrogen-bond acceptors (Lipinski definition) is 4. The number of benzene rings is 3. The molecule has 27 heavy (non-hydrogen) atoms. The lowest BCUT2D eigenvalue weighted by Gasteiger charge is -2.07. The number of ether oxygens (including phenoxy) is 1. The van der Waals surface area contributed by atoms with Crippen molar-refractivity contribution in [2.45, 2.75) is 0 Å². The molecule has 1 heterocycles. The summed E-state index contributed by atoms with van der Waals surface area (Å²) in [6, 6.07) is 22.5. The first-order chi connectivity index (χ1) is 13.2. The van der Waals surface area contributed by atoms with Crippen molar-refractivity contribution >= 4 is 45.3 Å². The molecule has 134 valence electrons. The van der Waals surface area contributed by atoms with Gasteiger partial charge < -0.3 is 14.5 Å². The second-order valence-corrected chi connectivity index (χ2v) is 7.11. The third kappa shape index (κ3) is 4.28. The van der Waals surface area contributed by atoms with Crippen molar-refractivity contribution in [3.63, 3.8) is 0 Å². The van der Waals surface area contributed by atoms with Gasteiger partial charge in [-0.15, -0.1) is 0 Å². The molecule has 0 saturated heterocycles. The Hall–Kier alpha value is -2.87. The standard InChI is InChI=1S/C21H15IN2O3/c22-15-6-4-5-14(11-15)21-24-18-12-16(9-10-19(18)27-21)23-20(25)13-26-17-7-2-1-3-8-17/h1-12H,13H2,(H,23,25). The molecule has 0 aliphatic carbocycles. The first-order valence-corrected chi connectivity index (χ1v) is 9.39. The Balaban J connectivity index is 1.47. The fourth-order valence-electron chi connectivity index (χ4n) is 2.61. The van der Waals surface area contributed by atoms with Crippen LogP contribution in [0.2, 0.25) is 0 Å². The van der Waals surface area contributed by atoms with Gasteiger partial charge in [0.05, 0.1) is 0 Å². The van der Waals surface area contributed by atoms with Crippen LogP contribution in [0.15, 0.2) is 77.2 Å². The van der Waals surface area contributed by atoms with Crippen LogP contribution in [0, 0.1) is 3.57 Å². The maximum absolute atomic E-state index is 12.1. The van der Waals surface area contributed by atoms with E-state index in [0.29, 0.717) is 28.4 Å². The van der Waals surface area contributed by atoms with Gasteiger partial charge in [-0.1, -0.05) is 24.3 Å². The molecule has 0 aliphatic heterocycles. The monoisotopic (exact) mass is 470 g/mol. The van der Waals surface area contributed by atoms with E-state index in [2.05, 4.69) is 32.9 Å². The number of rotatable bonds is 5. The van der Waals surface area contributed by atoms with E-state index in [-0.39, 0.29) is 12.5 Å². The number of nitrogens with zero attached hydrogens (tertiary/aromatic N) is 1. The molecular weight excluding hydrogens is 455 g/mol. The smallest absolute Gasteiger partial charge is 0.262 e. The largest absolute Gasteiger partial charge is 0.484 e. The SMILES string of the molecule is O=C(COc1ccccc1)Nc1ccc2oc(-c3cccc(I)c3)nc2c1. The van der Waals surface area contributed by atoms with Gasteiger partial charge in [0.2, 0.25) is 5.89 Å². The molecule has 0 fully saturated rings. The molecule has 0 spiro atoms. The van der Waals surface area contributed by atoms with Gasteiger partial charge in [-0.05, 0) is 71.1 Å². The van der Waals surface area contributed by atoms with Crippen LogP contribution in [-0.4, -0.2) is 17.5 Å². The Morgan fingerprint density at radius 1 is 1.04 bits per heavy atom. The molecule has 0 unspecified atom stereocenters. The minimum atomic E-state index is -0.237. The van der Waals surface area contributed by atoms with Crippen LogP contribution in [0.5, 0.6) is 5.75 Å². The van der Waals surface area contributed by atoms with E-state index in [4.69, 9.17) is 9.15 Å². The zero-order chi connectivity index (χ0) is 18.6. The van der Waals surface area contributed by atoms with Crippen LogP contribution < -0.4 is 10.1 Å². The molecule has 0 bridgehead atoms. The lowest BCUT2D eigenvalue weighted by Crippen LogP contribution is -2.20. The van der Waals surface area contributed by atoms with Crippen molar-refractivity contribution < 1.29 is 13.9 Å². The number of aromatic nitrogens is 1. The molecule has 5 nitrogen and oxygen atoms in total. The van der Waals surface area contributed by atoms with Crippen molar-refractivity contribution in [3.8, 4) is 17.2 Å². The summed E-state index contributed by atoms with van der Waals surface area (Å²) in [5.74, 6) is 0.973. The van der Waals surface area contributed by atoms with Crippen LogP contribution >= 0.6 is 22.6 Å². The van der Waals surface area contributed by atoms with E-state index in [9.17, 15) is 4.79 Å². The third-order valence-electron chi connectivity index (χ3n) is 3.86. The van der Waals surface area contributed by atoms with Gasteiger partial charge in [0, 0.05) is 14.8 Å². The van der Waals surface area contributed by atoms with Crippen molar-refractivity contribution in [2.75, 3.05) is 11.9 Å². The minimum absolute atomic E-state index is 0.0609. The minimum Gasteiger partial charge on any atom is -0.484 e. The summed E-state index contributed by atoms with van der Waals surface area (Å²) in [6.45, 7) is -0.0609. The second kappa shape index (κ2) is 7.79. The molecule has 0 radical (unpaired) electrons. The van der Waals surface area contributed by atoms with Gasteiger partial charge >= 0.3 is 0 Å². The number of nitrogens with one attached hydrogen (secondary N) is 1. The lowest BCUT2D eigenvalue weighted by molar-refractivity contribution is -0.118. The van der Waals surface area contributed by atoms with Crippen molar-refractivity contribution in [2.24, 2.45) is 0 Å². The number of carbonyl (C=O) groups is 1. The zero-order valence-electron chi connectivity index (χ0n) is 14.2. The van der Waals surface area contributed by atoms with E-state index >= 15 is 0 Å². The molecule has 4 rings (SSSR count). The van der Waals surface area contributed by atoms with E-state index in [1.54, 1.807) is 30.3 Å². The molecule has 1 amide bonds. The lowest BCUT2D eigenvalue weighted by atomic mass is 10.2. The van der Waals surface area contributed by atoms with Crippen molar-refractivity contribution in [1.82, 2.24) is 4.98 Å². The number of hydrogen-bond donors (Lipinski definition) is 1. The predicted molar refractivity (Wildman–Crippen MR) is 113 cm³/mol. The van der Waals surface area contributed by atoms with Gasteiger partial charge in [0.15, 0.2) is 12.2 Å². The van der Waals surface area contributed by atoms with E-state index in [1.807, 2.05) is 42.5 Å². The quantitative estimate of drug-likeness (QED) is 0.412. The summed E-state index contributed by atoms with van der Waals surface area (Å²) in [6.07, 6.45) is 0. The maximum atomic E-state index is 12.1. The average molecular weight is 470 g/mol. The number of oxazole rings is 1. The first-order valence-electron chi connectivity index (χ1n) is 8.32. The van der Waals surface area contributed by atoms with E-state index in [1.165, 1.54) is 0 Å². The van der Waals surface area contributed by atoms with Crippen LogP contribution in [0.1, 0.15) is 0 Å². The highest BCUT2D eigenvalue weighted by Crippen LogP contribution is 2.27. The van der Waals surface area contributed by atoms with E-state index in [0.717, 1.165) is 9.13 Å². The van der Waals surface area contributed by atoms with Crippen LogP contribution in [-0.2, 0) is 4.79 Å². The number of amides is 1. The molecule has 4 aromatic rings. The number of halogens is 1. The Morgan fingerprint density at radius 2 is 1.89 bits per heavy atom. The predicted octanol–water partition coefficient (Wildman–Crippen LogP) is 5.12. The normalized spacial score (nSPS) is 10.7. The number of fused-ring (bicyclic) bond motifs is 1. The summed E-state index contributed by atoms with van der Waals surface area (Å²) < 4.78 is 12.4. The Kier molecular flexibility index (Phi) is 5.06. The fraction of sp³-hybridized carbons (Fsp3) is 0.0476. The topological polar surface area (TPSA) is 64.4 Å². The second-order valence-electron chi connectivity index (χ2n) is 5.86. The molecule has 0 aliphatic rings. The summed E-state index contributed by atoms with van der Waals surface area (Å²) >= 11 is 2.25. The highest BCUT2D eigenvalue weighted by molar-refractivity contribution is 14.1. The van der Waals surface area contributed by atoms with E-state index < -0.39 is 0 Å². The molecular formula is C21H15IN2O3. The molecule has 0 atom stereocenters. The highest BCUT2D eigenvalue weighted by Gasteiger charge is 2.10. The third-order valence-corrected chi connectivity index (χ3v) is 4.53. The van der Waals surface area contributed by atoms with Gasteiger partial charge in [-0.3, -0.25) is 4.79 Å². The Labute approximate surface area is 169 Å². The summed E-state index contributed by atoms with van der Waals surface area (Å²) in [5, 5.41) is 2.82. The summed E-state index contributed by atoms with van der Waals surface area (Å²) in [5.41, 5.74) is 2.92. The van der Waals surface area contributed by atoms with Gasteiger partial charge in [-0.2, -0.15) is 0 Å².